The highest BCUT2D eigenvalue weighted by molar-refractivity contribution is 9.10. The normalized spacial score (nSPS) is 11.7. The zero-order valence-corrected chi connectivity index (χ0v) is 12.7. The van der Waals surface area contributed by atoms with E-state index in [1.807, 2.05) is 18.2 Å². The highest BCUT2D eigenvalue weighted by atomic mass is 79.9. The predicted molar refractivity (Wildman–Crippen MR) is 82.3 cm³/mol. The summed E-state index contributed by atoms with van der Waals surface area (Å²) in [6.07, 6.45) is 0. The van der Waals surface area contributed by atoms with Crippen LogP contribution < -0.4 is 5.32 Å². The average Bonchev–Trinajstić information content (AvgIpc) is 2.41. The molecular formula is C15H12BrClN2. The van der Waals surface area contributed by atoms with Gasteiger partial charge in [0.25, 0.3) is 0 Å². The first-order valence-corrected chi connectivity index (χ1v) is 6.99. The number of anilines is 1. The number of rotatable bonds is 3. The molecule has 2 aromatic carbocycles. The Balaban J connectivity index is 2.24. The molecule has 4 heteroatoms. The number of nitriles is 1. The van der Waals surface area contributed by atoms with E-state index in [4.69, 9.17) is 16.9 Å². The Bertz CT molecular complexity index is 634. The molecule has 0 amide bonds. The summed E-state index contributed by atoms with van der Waals surface area (Å²) in [6.45, 7) is 2.05. The first-order valence-electron chi connectivity index (χ1n) is 5.82. The number of nitrogens with one attached hydrogen (secondary N) is 1. The lowest BCUT2D eigenvalue weighted by Crippen LogP contribution is -2.07. The maximum absolute atomic E-state index is 8.91. The number of hydrogen-bond donors (Lipinski definition) is 1. The third-order valence-electron chi connectivity index (χ3n) is 2.82. The first kappa shape index (κ1) is 13.9. The van der Waals surface area contributed by atoms with E-state index in [0.29, 0.717) is 10.6 Å². The summed E-state index contributed by atoms with van der Waals surface area (Å²) in [7, 11) is 0. The van der Waals surface area contributed by atoms with E-state index in [9.17, 15) is 0 Å². The van der Waals surface area contributed by atoms with Crippen LogP contribution in [0.15, 0.2) is 46.9 Å². The fourth-order valence-electron chi connectivity index (χ4n) is 1.80. The van der Waals surface area contributed by atoms with E-state index in [0.717, 1.165) is 15.7 Å². The SMILES string of the molecule is CC(Nc1cc(C#N)ccc1Cl)c1cccc(Br)c1. The minimum absolute atomic E-state index is 0.101. The standard InChI is InChI=1S/C15H12BrClN2/c1-10(12-3-2-4-13(16)8-12)19-15-7-11(9-18)5-6-14(15)17/h2-8,10,19H,1H3. The van der Waals surface area contributed by atoms with Gasteiger partial charge in [0.1, 0.15) is 0 Å². The Morgan fingerprint density at radius 2 is 2.05 bits per heavy atom. The van der Waals surface area contributed by atoms with E-state index in [1.165, 1.54) is 0 Å². The number of halogens is 2. The second-order valence-electron chi connectivity index (χ2n) is 4.23. The van der Waals surface area contributed by atoms with Gasteiger partial charge >= 0.3 is 0 Å². The van der Waals surface area contributed by atoms with Crippen LogP contribution in [-0.2, 0) is 0 Å². The topological polar surface area (TPSA) is 35.8 Å². The monoisotopic (exact) mass is 334 g/mol. The Labute approximate surface area is 126 Å². The molecule has 0 aromatic heterocycles. The molecule has 0 aliphatic rings. The molecule has 96 valence electrons. The third-order valence-corrected chi connectivity index (χ3v) is 3.64. The van der Waals surface area contributed by atoms with E-state index < -0.39 is 0 Å². The minimum Gasteiger partial charge on any atom is -0.377 e. The molecule has 0 fully saturated rings. The van der Waals surface area contributed by atoms with Crippen LogP contribution in [0.1, 0.15) is 24.1 Å². The summed E-state index contributed by atoms with van der Waals surface area (Å²) in [4.78, 5) is 0. The molecule has 0 aliphatic heterocycles. The van der Waals surface area contributed by atoms with Gasteiger partial charge in [0, 0.05) is 10.5 Å². The molecule has 0 aliphatic carbocycles. The van der Waals surface area contributed by atoms with Crippen LogP contribution in [0.5, 0.6) is 0 Å². The summed E-state index contributed by atoms with van der Waals surface area (Å²) in [5, 5.41) is 12.8. The van der Waals surface area contributed by atoms with E-state index in [-0.39, 0.29) is 6.04 Å². The minimum atomic E-state index is 0.101. The first-order chi connectivity index (χ1) is 9.10. The Morgan fingerprint density at radius 1 is 1.26 bits per heavy atom. The molecule has 0 heterocycles. The van der Waals surface area contributed by atoms with Gasteiger partial charge in [0.15, 0.2) is 0 Å². The molecule has 1 unspecified atom stereocenters. The maximum Gasteiger partial charge on any atom is 0.0992 e. The van der Waals surface area contributed by atoms with Crippen molar-refractivity contribution in [3.8, 4) is 6.07 Å². The molecule has 0 bridgehead atoms. The Morgan fingerprint density at radius 3 is 2.74 bits per heavy atom. The highest BCUT2D eigenvalue weighted by Gasteiger charge is 2.08. The Kier molecular flexibility index (Phi) is 4.47. The summed E-state index contributed by atoms with van der Waals surface area (Å²) in [6, 6.07) is 15.5. The maximum atomic E-state index is 8.91. The molecule has 0 spiro atoms. The second kappa shape index (κ2) is 6.10. The summed E-state index contributed by atoms with van der Waals surface area (Å²) in [5.74, 6) is 0. The van der Waals surface area contributed by atoms with Crippen LogP contribution in [0, 0.1) is 11.3 Å². The van der Waals surface area contributed by atoms with E-state index >= 15 is 0 Å². The molecular weight excluding hydrogens is 324 g/mol. The predicted octanol–water partition coefficient (Wildman–Crippen LogP) is 5.15. The molecule has 19 heavy (non-hydrogen) atoms. The smallest absolute Gasteiger partial charge is 0.0992 e. The average molecular weight is 336 g/mol. The van der Waals surface area contributed by atoms with Gasteiger partial charge in [0.05, 0.1) is 22.3 Å². The van der Waals surface area contributed by atoms with Gasteiger partial charge in [0.2, 0.25) is 0 Å². The van der Waals surface area contributed by atoms with Crippen molar-refractivity contribution in [3.05, 3.63) is 63.1 Å². The molecule has 0 saturated heterocycles. The van der Waals surface area contributed by atoms with Crippen LogP contribution in [0.25, 0.3) is 0 Å². The molecule has 0 saturated carbocycles. The van der Waals surface area contributed by atoms with Crippen molar-refractivity contribution in [1.82, 2.24) is 0 Å². The van der Waals surface area contributed by atoms with Crippen LogP contribution >= 0.6 is 27.5 Å². The van der Waals surface area contributed by atoms with Gasteiger partial charge in [-0.1, -0.05) is 39.7 Å². The fourth-order valence-corrected chi connectivity index (χ4v) is 2.39. The Hall–Kier alpha value is -1.50. The van der Waals surface area contributed by atoms with Crippen LogP contribution in [-0.4, -0.2) is 0 Å². The van der Waals surface area contributed by atoms with Gasteiger partial charge in [-0.2, -0.15) is 5.26 Å². The van der Waals surface area contributed by atoms with Crippen molar-refractivity contribution < 1.29 is 0 Å². The van der Waals surface area contributed by atoms with Crippen molar-refractivity contribution in [2.45, 2.75) is 13.0 Å². The number of nitrogens with zero attached hydrogens (tertiary/aromatic N) is 1. The lowest BCUT2D eigenvalue weighted by Gasteiger charge is -2.17. The van der Waals surface area contributed by atoms with Crippen molar-refractivity contribution in [2.75, 3.05) is 5.32 Å². The molecule has 2 nitrogen and oxygen atoms in total. The largest absolute Gasteiger partial charge is 0.377 e. The molecule has 1 N–H and O–H groups in total. The fraction of sp³-hybridized carbons (Fsp3) is 0.133. The van der Waals surface area contributed by atoms with Gasteiger partial charge < -0.3 is 5.32 Å². The molecule has 2 aromatic rings. The van der Waals surface area contributed by atoms with Crippen LogP contribution in [0.2, 0.25) is 5.02 Å². The van der Waals surface area contributed by atoms with Crippen molar-refractivity contribution >= 4 is 33.2 Å². The molecule has 2 rings (SSSR count). The van der Waals surface area contributed by atoms with Gasteiger partial charge in [-0.15, -0.1) is 0 Å². The third kappa shape index (κ3) is 3.50. The summed E-state index contributed by atoms with van der Waals surface area (Å²) in [5.41, 5.74) is 2.51. The molecule has 0 radical (unpaired) electrons. The van der Waals surface area contributed by atoms with Gasteiger partial charge in [-0.25, -0.2) is 0 Å². The number of benzene rings is 2. The lowest BCUT2D eigenvalue weighted by atomic mass is 10.1. The number of hydrogen-bond acceptors (Lipinski definition) is 2. The van der Waals surface area contributed by atoms with Gasteiger partial charge in [-0.05, 0) is 42.8 Å². The van der Waals surface area contributed by atoms with Crippen molar-refractivity contribution in [2.24, 2.45) is 0 Å². The van der Waals surface area contributed by atoms with Crippen LogP contribution in [0.3, 0.4) is 0 Å². The zero-order chi connectivity index (χ0) is 13.8. The van der Waals surface area contributed by atoms with E-state index in [1.54, 1.807) is 18.2 Å². The highest BCUT2D eigenvalue weighted by Crippen LogP contribution is 2.28. The summed E-state index contributed by atoms with van der Waals surface area (Å²) >= 11 is 9.59. The zero-order valence-electron chi connectivity index (χ0n) is 10.3. The quantitative estimate of drug-likeness (QED) is 0.842. The van der Waals surface area contributed by atoms with Gasteiger partial charge in [-0.3, -0.25) is 0 Å². The second-order valence-corrected chi connectivity index (χ2v) is 5.55. The molecule has 1 atom stereocenters. The van der Waals surface area contributed by atoms with Crippen molar-refractivity contribution in [1.29, 1.82) is 5.26 Å². The van der Waals surface area contributed by atoms with Crippen molar-refractivity contribution in [3.63, 3.8) is 0 Å². The van der Waals surface area contributed by atoms with Crippen LogP contribution in [0.4, 0.5) is 5.69 Å². The summed E-state index contributed by atoms with van der Waals surface area (Å²) < 4.78 is 1.04. The van der Waals surface area contributed by atoms with E-state index in [2.05, 4.69) is 40.3 Å². The lowest BCUT2D eigenvalue weighted by molar-refractivity contribution is 0.884.